The van der Waals surface area contributed by atoms with Gasteiger partial charge in [-0.3, -0.25) is 9.97 Å². The first-order valence-corrected chi connectivity index (χ1v) is 10.6. The molecule has 3 aromatic rings. The van der Waals surface area contributed by atoms with Crippen molar-refractivity contribution in [3.63, 3.8) is 0 Å². The molecule has 3 rings (SSSR count). The Morgan fingerprint density at radius 2 is 1.89 bits per heavy atom. The van der Waals surface area contributed by atoms with Crippen LogP contribution in [0.3, 0.4) is 0 Å². The molecule has 0 saturated carbocycles. The van der Waals surface area contributed by atoms with Crippen LogP contribution in [0, 0.1) is 0 Å². The molecule has 0 bridgehead atoms. The highest BCUT2D eigenvalue weighted by Crippen LogP contribution is 2.32. The first kappa shape index (κ1) is 19.4. The van der Waals surface area contributed by atoms with Crippen LogP contribution in [-0.2, 0) is 15.9 Å². The highest BCUT2D eigenvalue weighted by atomic mass is 32.2. The van der Waals surface area contributed by atoms with E-state index in [1.165, 1.54) is 23.7 Å². The first-order valence-electron chi connectivity index (χ1n) is 7.77. The monoisotopic (exact) mass is 412 g/mol. The van der Waals surface area contributed by atoms with Crippen molar-refractivity contribution in [2.75, 3.05) is 6.26 Å². The molecule has 0 aliphatic carbocycles. The van der Waals surface area contributed by atoms with Crippen LogP contribution < -0.4 is 0 Å². The molecule has 0 radical (unpaired) electrons. The van der Waals surface area contributed by atoms with E-state index in [2.05, 4.69) is 19.3 Å². The summed E-state index contributed by atoms with van der Waals surface area (Å²) in [7, 11) is -2.79. The summed E-state index contributed by atoms with van der Waals surface area (Å²) in [6, 6.07) is 5.77. The van der Waals surface area contributed by atoms with Gasteiger partial charge in [0.05, 0.1) is 20.7 Å². The van der Waals surface area contributed by atoms with Crippen LogP contribution in [0.1, 0.15) is 23.4 Å². The summed E-state index contributed by atoms with van der Waals surface area (Å²) in [6.45, 7) is 1.65. The Morgan fingerprint density at radius 3 is 2.48 bits per heavy atom. The zero-order valence-electron chi connectivity index (χ0n) is 14.3. The normalized spacial score (nSPS) is 15.1. The minimum absolute atomic E-state index is 0.348. The molecule has 0 N–H and O–H groups in total. The predicted octanol–water partition coefficient (Wildman–Crippen LogP) is 5.11. The maximum absolute atomic E-state index is 13.0. The Bertz CT molecular complexity index is 1040. The molecule has 5 nitrogen and oxygen atoms in total. The number of halogens is 3. The molecule has 3 heterocycles. The van der Waals surface area contributed by atoms with E-state index in [0.717, 1.165) is 17.8 Å². The van der Waals surface area contributed by atoms with Crippen LogP contribution in [0.2, 0.25) is 0 Å². The summed E-state index contributed by atoms with van der Waals surface area (Å²) in [5, 5.41) is 1.54. The van der Waals surface area contributed by atoms with Crippen LogP contribution >= 0.6 is 11.3 Å². The maximum atomic E-state index is 13.0. The standard InChI is InChI=1S/C17H15F3N4OS2/c1-11(13-3-4-15(22-9-13)17(18,19)20)27(2,25)24-16-23-14(10-26-16)12-5-7-21-8-6-12/h3-11H,1-2H3. The van der Waals surface area contributed by atoms with Crippen molar-refractivity contribution in [1.82, 2.24) is 15.0 Å². The molecule has 0 spiro atoms. The SMILES string of the molecule is CC(c1ccc(C(F)(F)F)nc1)S(C)(=O)=Nc1nc(-c2ccncc2)cs1. The van der Waals surface area contributed by atoms with Crippen LogP contribution in [0.4, 0.5) is 18.3 Å². The van der Waals surface area contributed by atoms with Gasteiger partial charge in [0.2, 0.25) is 5.13 Å². The van der Waals surface area contributed by atoms with E-state index in [-0.39, 0.29) is 0 Å². The summed E-state index contributed by atoms with van der Waals surface area (Å²) in [5.41, 5.74) is 0.996. The molecule has 0 fully saturated rings. The number of alkyl halides is 3. The van der Waals surface area contributed by atoms with Gasteiger partial charge in [-0.15, -0.1) is 11.3 Å². The molecule has 27 heavy (non-hydrogen) atoms. The fraction of sp³-hybridized carbons (Fsp3) is 0.235. The molecule has 2 atom stereocenters. The van der Waals surface area contributed by atoms with Crippen LogP contribution in [0.5, 0.6) is 0 Å². The van der Waals surface area contributed by atoms with Gasteiger partial charge in [0.1, 0.15) is 5.69 Å². The van der Waals surface area contributed by atoms with Gasteiger partial charge in [-0.25, -0.2) is 9.19 Å². The van der Waals surface area contributed by atoms with Gasteiger partial charge >= 0.3 is 6.18 Å². The van der Waals surface area contributed by atoms with Crippen molar-refractivity contribution < 1.29 is 17.4 Å². The second-order valence-electron chi connectivity index (χ2n) is 5.82. The Kier molecular flexibility index (Phi) is 5.29. The van der Waals surface area contributed by atoms with E-state index < -0.39 is 26.8 Å². The zero-order valence-corrected chi connectivity index (χ0v) is 16.0. The molecule has 0 aliphatic rings. The Hall–Kier alpha value is -2.33. The summed E-state index contributed by atoms with van der Waals surface area (Å²) in [5.74, 6) is 0. The van der Waals surface area contributed by atoms with Gasteiger partial charge in [-0.05, 0) is 30.7 Å². The lowest BCUT2D eigenvalue weighted by molar-refractivity contribution is -0.141. The first-order chi connectivity index (χ1) is 12.7. The number of hydrogen-bond donors (Lipinski definition) is 0. The summed E-state index contributed by atoms with van der Waals surface area (Å²) in [6.07, 6.45) is 1.34. The number of thiazole rings is 1. The largest absolute Gasteiger partial charge is 0.433 e. The molecular formula is C17H15F3N4OS2. The van der Waals surface area contributed by atoms with Gasteiger partial charge in [-0.1, -0.05) is 6.07 Å². The third-order valence-electron chi connectivity index (χ3n) is 3.93. The highest BCUT2D eigenvalue weighted by molar-refractivity contribution is 7.93. The molecule has 10 heteroatoms. The average Bonchev–Trinajstić information content (AvgIpc) is 3.09. The average molecular weight is 412 g/mol. The molecular weight excluding hydrogens is 397 g/mol. The van der Waals surface area contributed by atoms with Gasteiger partial charge in [0, 0.05) is 35.8 Å². The predicted molar refractivity (Wildman–Crippen MR) is 99.2 cm³/mol. The topological polar surface area (TPSA) is 68.1 Å². The number of hydrogen-bond acceptors (Lipinski definition) is 6. The third kappa shape index (κ3) is 4.51. The lowest BCUT2D eigenvalue weighted by Crippen LogP contribution is -2.11. The van der Waals surface area contributed by atoms with Gasteiger partial charge in [0.15, 0.2) is 0 Å². The van der Waals surface area contributed by atoms with Crippen molar-refractivity contribution in [1.29, 1.82) is 0 Å². The minimum atomic E-state index is -4.51. The highest BCUT2D eigenvalue weighted by Gasteiger charge is 2.32. The molecule has 3 aromatic heterocycles. The van der Waals surface area contributed by atoms with Crippen LogP contribution in [0.25, 0.3) is 11.3 Å². The zero-order chi connectivity index (χ0) is 19.7. The van der Waals surface area contributed by atoms with E-state index in [4.69, 9.17) is 0 Å². The maximum Gasteiger partial charge on any atom is 0.433 e. The van der Waals surface area contributed by atoms with E-state index in [1.807, 2.05) is 0 Å². The molecule has 0 aliphatic heterocycles. The van der Waals surface area contributed by atoms with E-state index in [1.54, 1.807) is 36.8 Å². The van der Waals surface area contributed by atoms with Gasteiger partial charge in [0.25, 0.3) is 0 Å². The molecule has 0 aromatic carbocycles. The third-order valence-corrected chi connectivity index (χ3v) is 6.90. The number of rotatable bonds is 4. The Morgan fingerprint density at radius 1 is 1.19 bits per heavy atom. The lowest BCUT2D eigenvalue weighted by atomic mass is 10.2. The fourth-order valence-electron chi connectivity index (χ4n) is 2.26. The summed E-state index contributed by atoms with van der Waals surface area (Å²) in [4.78, 5) is 11.7. The number of aromatic nitrogens is 3. The number of nitrogens with zero attached hydrogens (tertiary/aromatic N) is 4. The van der Waals surface area contributed by atoms with Crippen molar-refractivity contribution >= 4 is 26.2 Å². The van der Waals surface area contributed by atoms with Gasteiger partial charge in [-0.2, -0.15) is 17.5 Å². The van der Waals surface area contributed by atoms with Gasteiger partial charge < -0.3 is 0 Å². The van der Waals surface area contributed by atoms with Crippen LogP contribution in [0.15, 0.2) is 52.6 Å². The minimum Gasteiger partial charge on any atom is -0.265 e. The summed E-state index contributed by atoms with van der Waals surface area (Å²) < 4.78 is 55.2. The van der Waals surface area contributed by atoms with Crippen molar-refractivity contribution in [3.05, 3.63) is 59.5 Å². The van der Waals surface area contributed by atoms with E-state index >= 15 is 0 Å². The Labute approximate surface area is 158 Å². The lowest BCUT2D eigenvalue weighted by Gasteiger charge is -2.14. The smallest absolute Gasteiger partial charge is 0.265 e. The second-order valence-corrected chi connectivity index (χ2v) is 9.27. The molecule has 0 amide bonds. The molecule has 2 unspecified atom stereocenters. The van der Waals surface area contributed by atoms with Crippen molar-refractivity contribution in [3.8, 4) is 11.3 Å². The van der Waals surface area contributed by atoms with E-state index in [0.29, 0.717) is 16.4 Å². The fourth-order valence-corrected chi connectivity index (χ4v) is 4.59. The molecule has 142 valence electrons. The Balaban J connectivity index is 1.87. The number of pyridine rings is 2. The quantitative estimate of drug-likeness (QED) is 0.597. The summed E-state index contributed by atoms with van der Waals surface area (Å²) >= 11 is 1.25. The van der Waals surface area contributed by atoms with Crippen LogP contribution in [-0.4, -0.2) is 25.4 Å². The second kappa shape index (κ2) is 7.35. The van der Waals surface area contributed by atoms with Crippen molar-refractivity contribution in [2.24, 2.45) is 4.36 Å². The van der Waals surface area contributed by atoms with E-state index in [9.17, 15) is 17.4 Å². The molecule has 0 saturated heterocycles. The van der Waals surface area contributed by atoms with Crippen molar-refractivity contribution in [2.45, 2.75) is 18.3 Å².